The fraction of sp³-hybridized carbons (Fsp3) is 0.357. The van der Waals surface area contributed by atoms with Crippen LogP contribution in [0, 0.1) is 13.8 Å². The minimum absolute atomic E-state index is 0.109. The number of fused-ring (bicyclic) bond motifs is 1. The van der Waals surface area contributed by atoms with E-state index in [1.54, 1.807) is 0 Å². The highest BCUT2D eigenvalue weighted by atomic mass is 32.1. The number of thiazole rings is 1. The Bertz CT molecular complexity index is 1410. The number of hydrogen-bond acceptors (Lipinski definition) is 5. The monoisotopic (exact) mass is 530 g/mol. The van der Waals surface area contributed by atoms with Crippen molar-refractivity contribution in [3.8, 4) is 16.3 Å². The van der Waals surface area contributed by atoms with E-state index < -0.39 is 17.3 Å². The van der Waals surface area contributed by atoms with Crippen molar-refractivity contribution in [1.82, 2.24) is 9.55 Å². The van der Waals surface area contributed by atoms with Gasteiger partial charge in [0.15, 0.2) is 0 Å². The summed E-state index contributed by atoms with van der Waals surface area (Å²) in [5.41, 5.74) is 2.20. The number of rotatable bonds is 7. The molecule has 0 atom stereocenters. The summed E-state index contributed by atoms with van der Waals surface area (Å²) in [6.07, 6.45) is -1.82. The summed E-state index contributed by atoms with van der Waals surface area (Å²) < 4.78 is 51.9. The van der Waals surface area contributed by atoms with E-state index in [1.165, 1.54) is 23.5 Å². The van der Waals surface area contributed by atoms with E-state index >= 15 is 0 Å². The Balaban J connectivity index is 1.43. The van der Waals surface area contributed by atoms with Gasteiger partial charge in [-0.1, -0.05) is 12.1 Å². The van der Waals surface area contributed by atoms with Crippen LogP contribution in [0.25, 0.3) is 21.5 Å². The van der Waals surface area contributed by atoms with Gasteiger partial charge in [-0.15, -0.1) is 11.3 Å². The van der Waals surface area contributed by atoms with Gasteiger partial charge in [0.2, 0.25) is 0 Å². The van der Waals surface area contributed by atoms with E-state index in [4.69, 9.17) is 9.47 Å². The van der Waals surface area contributed by atoms with Gasteiger partial charge >= 0.3 is 12.1 Å². The highest BCUT2D eigenvalue weighted by Crippen LogP contribution is 2.33. The lowest BCUT2D eigenvalue weighted by atomic mass is 10.1. The number of carbonyl (C=O) groups is 1. The molecule has 2 aromatic heterocycles. The van der Waals surface area contributed by atoms with Crippen LogP contribution in [-0.2, 0) is 28.7 Å². The summed E-state index contributed by atoms with van der Waals surface area (Å²) in [6, 6.07) is 10.8. The number of ether oxygens (including phenoxy) is 2. The topological polar surface area (TPSA) is 53.4 Å². The Morgan fingerprint density at radius 1 is 1.05 bits per heavy atom. The van der Waals surface area contributed by atoms with Crippen LogP contribution in [0.15, 0.2) is 48.7 Å². The maximum atomic E-state index is 12.8. The third-order valence-corrected chi connectivity index (χ3v) is 6.99. The summed E-state index contributed by atoms with van der Waals surface area (Å²) in [4.78, 5) is 17.9. The van der Waals surface area contributed by atoms with Crippen LogP contribution >= 0.6 is 11.3 Å². The molecule has 0 radical (unpaired) electrons. The zero-order chi connectivity index (χ0) is 27.0. The first-order chi connectivity index (χ1) is 17.3. The summed E-state index contributed by atoms with van der Waals surface area (Å²) >= 11 is 1.45. The number of hydrogen-bond donors (Lipinski definition) is 0. The number of benzene rings is 2. The maximum absolute atomic E-state index is 12.8. The Morgan fingerprint density at radius 2 is 1.76 bits per heavy atom. The van der Waals surface area contributed by atoms with Crippen LogP contribution in [0.5, 0.6) is 5.75 Å². The lowest BCUT2D eigenvalue weighted by Gasteiger charge is -2.19. The zero-order valence-corrected chi connectivity index (χ0v) is 22.2. The second-order valence-corrected chi connectivity index (χ2v) is 11.0. The molecule has 2 heterocycles. The molecule has 0 saturated carbocycles. The number of carbonyl (C=O) groups excluding carboxylic acids is 1. The van der Waals surface area contributed by atoms with Crippen molar-refractivity contribution in [1.29, 1.82) is 0 Å². The van der Waals surface area contributed by atoms with Crippen molar-refractivity contribution in [2.45, 2.75) is 59.4 Å². The lowest BCUT2D eigenvalue weighted by Crippen LogP contribution is -2.26. The van der Waals surface area contributed by atoms with Crippen LogP contribution < -0.4 is 4.74 Å². The molecule has 0 aliphatic carbocycles. The Hall–Kier alpha value is -3.33. The quantitative estimate of drug-likeness (QED) is 0.234. The first kappa shape index (κ1) is 26.7. The van der Waals surface area contributed by atoms with Crippen molar-refractivity contribution in [3.63, 3.8) is 0 Å². The average Bonchev–Trinajstić information content (AvgIpc) is 3.31. The second-order valence-electron chi connectivity index (χ2n) is 9.91. The first-order valence-electron chi connectivity index (χ1n) is 11.9. The van der Waals surface area contributed by atoms with Crippen molar-refractivity contribution in [3.05, 3.63) is 70.4 Å². The summed E-state index contributed by atoms with van der Waals surface area (Å²) in [6.45, 7) is 9.92. The second kappa shape index (κ2) is 10.2. The largest absolute Gasteiger partial charge is 0.493 e. The molecule has 196 valence electrons. The standard InChI is InChI=1S/C28H29F3N2O3S/c1-17-15-33(16-25(34)36-27(3,4)5)23-14-21(10-11-22(17)23)35-13-12-24-18(2)32-26(37-24)19-6-8-20(9-7-19)28(29,30)31/h6-11,14-15H,12-13,16H2,1-5H3. The number of alkyl halides is 3. The van der Waals surface area contributed by atoms with Gasteiger partial charge in [-0.25, -0.2) is 4.98 Å². The molecule has 4 aromatic rings. The summed E-state index contributed by atoms with van der Waals surface area (Å²) in [5, 5.41) is 1.72. The van der Waals surface area contributed by atoms with Crippen LogP contribution in [0.4, 0.5) is 13.2 Å². The molecule has 4 rings (SSSR count). The number of aryl methyl sites for hydroxylation is 2. The Kier molecular flexibility index (Phi) is 7.37. The van der Waals surface area contributed by atoms with E-state index in [2.05, 4.69) is 4.98 Å². The number of nitrogens with zero attached hydrogens (tertiary/aromatic N) is 2. The molecular weight excluding hydrogens is 501 g/mol. The molecule has 0 aliphatic rings. The summed E-state index contributed by atoms with van der Waals surface area (Å²) in [7, 11) is 0. The van der Waals surface area contributed by atoms with Gasteiger partial charge in [-0.3, -0.25) is 4.79 Å². The van der Waals surface area contributed by atoms with Crippen molar-refractivity contribution >= 4 is 28.2 Å². The molecule has 0 amide bonds. The Labute approximate surface area is 217 Å². The van der Waals surface area contributed by atoms with Gasteiger partial charge in [-0.2, -0.15) is 13.2 Å². The highest BCUT2D eigenvalue weighted by Gasteiger charge is 2.30. The Morgan fingerprint density at radius 3 is 2.41 bits per heavy atom. The SMILES string of the molecule is Cc1nc(-c2ccc(C(F)(F)F)cc2)sc1CCOc1ccc2c(C)cn(CC(=O)OC(C)(C)C)c2c1. The smallest absolute Gasteiger partial charge is 0.416 e. The number of esters is 1. The van der Waals surface area contributed by atoms with Gasteiger partial charge in [0.1, 0.15) is 22.9 Å². The van der Waals surface area contributed by atoms with Crippen LogP contribution in [0.3, 0.4) is 0 Å². The molecule has 0 bridgehead atoms. The summed E-state index contributed by atoms with van der Waals surface area (Å²) in [5.74, 6) is 0.376. The molecule has 0 N–H and O–H groups in total. The van der Waals surface area contributed by atoms with Crippen LogP contribution in [-0.4, -0.2) is 27.7 Å². The molecule has 0 unspecified atom stereocenters. The molecule has 9 heteroatoms. The lowest BCUT2D eigenvalue weighted by molar-refractivity contribution is -0.155. The molecule has 2 aromatic carbocycles. The van der Waals surface area contributed by atoms with Gasteiger partial charge in [-0.05, 0) is 64.4 Å². The normalized spacial score (nSPS) is 12.2. The van der Waals surface area contributed by atoms with E-state index in [9.17, 15) is 18.0 Å². The number of aromatic nitrogens is 2. The molecule has 0 saturated heterocycles. The van der Waals surface area contributed by atoms with Crippen LogP contribution in [0.1, 0.15) is 42.5 Å². The number of halogens is 3. The predicted octanol–water partition coefficient (Wildman–Crippen LogP) is 7.36. The molecule has 5 nitrogen and oxygen atoms in total. The first-order valence-corrected chi connectivity index (χ1v) is 12.7. The van der Waals surface area contributed by atoms with Crippen molar-refractivity contribution in [2.75, 3.05) is 6.61 Å². The van der Waals surface area contributed by atoms with Crippen LogP contribution in [0.2, 0.25) is 0 Å². The molecular formula is C28H29F3N2O3S. The third kappa shape index (κ3) is 6.52. The average molecular weight is 531 g/mol. The van der Waals surface area contributed by atoms with E-state index in [0.717, 1.165) is 39.2 Å². The molecule has 0 spiro atoms. The maximum Gasteiger partial charge on any atom is 0.416 e. The van der Waals surface area contributed by atoms with Gasteiger partial charge in [0, 0.05) is 34.5 Å². The van der Waals surface area contributed by atoms with E-state index in [1.807, 2.05) is 63.6 Å². The minimum Gasteiger partial charge on any atom is -0.493 e. The fourth-order valence-corrected chi connectivity index (χ4v) is 5.08. The van der Waals surface area contributed by atoms with Crippen molar-refractivity contribution in [2.24, 2.45) is 0 Å². The molecule has 0 aliphatic heterocycles. The fourth-order valence-electron chi connectivity index (χ4n) is 4.04. The van der Waals surface area contributed by atoms with E-state index in [-0.39, 0.29) is 12.5 Å². The predicted molar refractivity (Wildman–Crippen MR) is 139 cm³/mol. The molecule has 0 fully saturated rings. The van der Waals surface area contributed by atoms with Gasteiger partial charge in [0.25, 0.3) is 0 Å². The van der Waals surface area contributed by atoms with E-state index in [0.29, 0.717) is 29.3 Å². The van der Waals surface area contributed by atoms with Crippen molar-refractivity contribution < 1.29 is 27.4 Å². The third-order valence-electron chi connectivity index (χ3n) is 5.72. The highest BCUT2D eigenvalue weighted by molar-refractivity contribution is 7.15. The zero-order valence-electron chi connectivity index (χ0n) is 21.4. The molecule has 37 heavy (non-hydrogen) atoms. The van der Waals surface area contributed by atoms with Gasteiger partial charge in [0.05, 0.1) is 23.4 Å². The minimum atomic E-state index is -4.36. The van der Waals surface area contributed by atoms with Gasteiger partial charge < -0.3 is 14.0 Å².